The van der Waals surface area contributed by atoms with Gasteiger partial charge in [-0.2, -0.15) is 0 Å². The Labute approximate surface area is 120 Å². The second-order valence-corrected chi connectivity index (χ2v) is 5.54. The lowest BCUT2D eigenvalue weighted by molar-refractivity contribution is 0.419. The third-order valence-electron chi connectivity index (χ3n) is 4.08. The molecule has 1 aliphatic heterocycles. The minimum atomic E-state index is 0.863. The van der Waals surface area contributed by atoms with Crippen molar-refractivity contribution in [3.63, 3.8) is 0 Å². The minimum Gasteiger partial charge on any atom is -0.494 e. The average Bonchev–Trinajstić information content (AvgIpc) is 2.74. The van der Waals surface area contributed by atoms with Crippen molar-refractivity contribution in [2.24, 2.45) is 0 Å². The van der Waals surface area contributed by atoms with Gasteiger partial charge in [-0.15, -0.1) is 0 Å². The van der Waals surface area contributed by atoms with E-state index in [4.69, 9.17) is 4.74 Å². The van der Waals surface area contributed by atoms with Crippen LogP contribution in [0.15, 0.2) is 24.3 Å². The van der Waals surface area contributed by atoms with E-state index in [1.54, 1.807) is 7.11 Å². The summed E-state index contributed by atoms with van der Waals surface area (Å²) < 4.78 is 5.47. The van der Waals surface area contributed by atoms with Crippen molar-refractivity contribution in [2.45, 2.75) is 32.6 Å². The fourth-order valence-corrected chi connectivity index (χ4v) is 3.07. The fourth-order valence-electron chi connectivity index (χ4n) is 3.07. The molecule has 3 rings (SSSR count). The van der Waals surface area contributed by atoms with E-state index in [0.29, 0.717) is 0 Å². The van der Waals surface area contributed by atoms with E-state index in [9.17, 15) is 0 Å². The normalized spacial score (nSPS) is 16.2. The zero-order valence-electron chi connectivity index (χ0n) is 12.4. The van der Waals surface area contributed by atoms with Crippen LogP contribution in [0.3, 0.4) is 0 Å². The van der Waals surface area contributed by atoms with E-state index >= 15 is 0 Å². The number of hydrogen-bond acceptors (Lipinski definition) is 3. The summed E-state index contributed by atoms with van der Waals surface area (Å²) >= 11 is 0. The Balaban J connectivity index is 2.13. The Hall–Kier alpha value is -1.77. The molecule has 0 N–H and O–H groups in total. The number of aryl methyl sites for hydroxylation is 1. The van der Waals surface area contributed by atoms with Gasteiger partial charge in [0.1, 0.15) is 11.3 Å². The quantitative estimate of drug-likeness (QED) is 0.826. The predicted molar refractivity (Wildman–Crippen MR) is 83.7 cm³/mol. The first kappa shape index (κ1) is 13.2. The molecule has 0 atom stereocenters. The molecule has 0 spiro atoms. The van der Waals surface area contributed by atoms with Gasteiger partial charge in [0.05, 0.1) is 7.11 Å². The number of pyridine rings is 1. The van der Waals surface area contributed by atoms with Crippen LogP contribution in [0.5, 0.6) is 5.75 Å². The number of para-hydroxylation sites is 1. The molecule has 0 aliphatic carbocycles. The lowest BCUT2D eigenvalue weighted by Crippen LogP contribution is -2.24. The largest absolute Gasteiger partial charge is 0.494 e. The van der Waals surface area contributed by atoms with Crippen LogP contribution in [0.2, 0.25) is 0 Å². The zero-order chi connectivity index (χ0) is 13.9. The Morgan fingerprint density at radius 1 is 1.10 bits per heavy atom. The third-order valence-corrected chi connectivity index (χ3v) is 4.08. The first-order valence-corrected chi connectivity index (χ1v) is 7.49. The van der Waals surface area contributed by atoms with Crippen LogP contribution in [-0.4, -0.2) is 25.2 Å². The van der Waals surface area contributed by atoms with Gasteiger partial charge in [-0.3, -0.25) is 0 Å². The Bertz CT molecular complexity index is 601. The van der Waals surface area contributed by atoms with E-state index in [-0.39, 0.29) is 0 Å². The number of fused-ring (bicyclic) bond motifs is 1. The van der Waals surface area contributed by atoms with Crippen LogP contribution >= 0.6 is 0 Å². The zero-order valence-corrected chi connectivity index (χ0v) is 12.4. The Morgan fingerprint density at radius 3 is 2.55 bits per heavy atom. The number of rotatable bonds is 2. The maximum Gasteiger partial charge on any atom is 0.145 e. The van der Waals surface area contributed by atoms with Crippen molar-refractivity contribution in [1.29, 1.82) is 0 Å². The SMILES string of the molecule is COc1cccc2c(N3CCCCCC3)cc(C)nc12. The molecule has 2 heterocycles. The molecule has 3 nitrogen and oxygen atoms in total. The number of anilines is 1. The maximum atomic E-state index is 5.47. The molecule has 20 heavy (non-hydrogen) atoms. The molecule has 1 fully saturated rings. The second-order valence-electron chi connectivity index (χ2n) is 5.54. The molecular formula is C17H22N2O. The van der Waals surface area contributed by atoms with Crippen LogP contribution in [0, 0.1) is 6.92 Å². The molecule has 2 aromatic rings. The smallest absolute Gasteiger partial charge is 0.145 e. The Kier molecular flexibility index (Phi) is 3.77. The number of methoxy groups -OCH3 is 1. The molecule has 0 saturated carbocycles. The van der Waals surface area contributed by atoms with Crippen LogP contribution in [0.1, 0.15) is 31.4 Å². The maximum absolute atomic E-state index is 5.47. The predicted octanol–water partition coefficient (Wildman–Crippen LogP) is 3.93. The topological polar surface area (TPSA) is 25.4 Å². The summed E-state index contributed by atoms with van der Waals surface area (Å²) in [4.78, 5) is 7.19. The van der Waals surface area contributed by atoms with Crippen LogP contribution < -0.4 is 9.64 Å². The molecule has 1 aromatic carbocycles. The number of aromatic nitrogens is 1. The summed E-state index contributed by atoms with van der Waals surface area (Å²) in [6.07, 6.45) is 5.27. The highest BCUT2D eigenvalue weighted by atomic mass is 16.5. The molecule has 1 aromatic heterocycles. The van der Waals surface area contributed by atoms with Crippen molar-refractivity contribution >= 4 is 16.6 Å². The van der Waals surface area contributed by atoms with E-state index in [2.05, 4.69) is 35.0 Å². The fraction of sp³-hybridized carbons (Fsp3) is 0.471. The lowest BCUT2D eigenvalue weighted by atomic mass is 10.1. The summed E-state index contributed by atoms with van der Waals surface area (Å²) in [6.45, 7) is 4.36. The van der Waals surface area contributed by atoms with Crippen LogP contribution in [0.25, 0.3) is 10.9 Å². The van der Waals surface area contributed by atoms with E-state index in [1.165, 1.54) is 36.8 Å². The number of benzene rings is 1. The van der Waals surface area contributed by atoms with Gasteiger partial charge in [0.15, 0.2) is 0 Å². The summed E-state index contributed by atoms with van der Waals surface area (Å²) in [5.74, 6) is 0.863. The van der Waals surface area contributed by atoms with Crippen LogP contribution in [-0.2, 0) is 0 Å². The van der Waals surface area contributed by atoms with Gasteiger partial charge in [0, 0.05) is 29.9 Å². The number of hydrogen-bond donors (Lipinski definition) is 0. The van der Waals surface area contributed by atoms with Gasteiger partial charge in [0.25, 0.3) is 0 Å². The molecule has 0 unspecified atom stereocenters. The standard InChI is InChI=1S/C17H22N2O/c1-13-12-15(19-10-5-3-4-6-11-19)14-8-7-9-16(20-2)17(14)18-13/h7-9,12H,3-6,10-11H2,1-2H3. The van der Waals surface area contributed by atoms with Gasteiger partial charge >= 0.3 is 0 Å². The molecule has 106 valence electrons. The van der Waals surface area contributed by atoms with Gasteiger partial charge < -0.3 is 9.64 Å². The van der Waals surface area contributed by atoms with Crippen molar-refractivity contribution < 1.29 is 4.74 Å². The minimum absolute atomic E-state index is 0.863. The highest BCUT2D eigenvalue weighted by molar-refractivity contribution is 5.95. The van der Waals surface area contributed by atoms with Gasteiger partial charge in [0.2, 0.25) is 0 Å². The first-order chi connectivity index (χ1) is 9.79. The highest BCUT2D eigenvalue weighted by Crippen LogP contribution is 2.33. The molecule has 0 bridgehead atoms. The monoisotopic (exact) mass is 270 g/mol. The summed E-state index contributed by atoms with van der Waals surface area (Å²) in [6, 6.07) is 8.41. The van der Waals surface area contributed by atoms with Crippen molar-refractivity contribution in [3.8, 4) is 5.75 Å². The van der Waals surface area contributed by atoms with E-state index < -0.39 is 0 Å². The van der Waals surface area contributed by atoms with Crippen molar-refractivity contribution in [1.82, 2.24) is 4.98 Å². The molecular weight excluding hydrogens is 248 g/mol. The number of nitrogens with zero attached hydrogens (tertiary/aromatic N) is 2. The molecule has 1 saturated heterocycles. The van der Waals surface area contributed by atoms with Crippen molar-refractivity contribution in [3.05, 3.63) is 30.0 Å². The summed E-state index contributed by atoms with van der Waals surface area (Å²) in [7, 11) is 1.71. The van der Waals surface area contributed by atoms with E-state index in [1.807, 2.05) is 6.07 Å². The lowest BCUT2D eigenvalue weighted by Gasteiger charge is -2.25. The van der Waals surface area contributed by atoms with Gasteiger partial charge in [-0.05, 0) is 31.9 Å². The second kappa shape index (κ2) is 5.70. The average molecular weight is 270 g/mol. The third kappa shape index (κ3) is 2.45. The molecule has 1 aliphatic rings. The molecule has 3 heteroatoms. The van der Waals surface area contributed by atoms with Gasteiger partial charge in [-0.25, -0.2) is 4.98 Å². The van der Waals surface area contributed by atoms with Crippen molar-refractivity contribution in [2.75, 3.05) is 25.1 Å². The van der Waals surface area contributed by atoms with E-state index in [0.717, 1.165) is 30.0 Å². The van der Waals surface area contributed by atoms with Crippen LogP contribution in [0.4, 0.5) is 5.69 Å². The summed E-state index contributed by atoms with van der Waals surface area (Å²) in [5.41, 5.74) is 3.35. The molecule has 0 amide bonds. The molecule has 0 radical (unpaired) electrons. The summed E-state index contributed by atoms with van der Waals surface area (Å²) in [5, 5.41) is 1.21. The highest BCUT2D eigenvalue weighted by Gasteiger charge is 2.15. The van der Waals surface area contributed by atoms with Gasteiger partial charge in [-0.1, -0.05) is 25.0 Å². The first-order valence-electron chi connectivity index (χ1n) is 7.49. The number of ether oxygens (including phenoxy) is 1. The Morgan fingerprint density at radius 2 is 1.85 bits per heavy atom.